The van der Waals surface area contributed by atoms with Crippen LogP contribution in [-0.4, -0.2) is 50.0 Å². The van der Waals surface area contributed by atoms with E-state index < -0.39 is 5.67 Å². The molecule has 1 aliphatic heterocycles. The fourth-order valence-corrected chi connectivity index (χ4v) is 3.55. The van der Waals surface area contributed by atoms with Gasteiger partial charge < -0.3 is 4.90 Å². The Morgan fingerprint density at radius 1 is 1.13 bits per heavy atom. The van der Waals surface area contributed by atoms with Crippen LogP contribution in [-0.2, 0) is 0 Å². The molecule has 0 amide bonds. The monoisotopic (exact) mass is 419 g/mol. The molecule has 3 aromatic rings. The summed E-state index contributed by atoms with van der Waals surface area (Å²) >= 11 is 0. The molecule has 31 heavy (non-hydrogen) atoms. The van der Waals surface area contributed by atoms with Crippen LogP contribution in [0.25, 0.3) is 11.5 Å². The minimum absolute atomic E-state index is 0.210. The molecule has 1 aromatic carbocycles. The second-order valence-corrected chi connectivity index (χ2v) is 7.89. The molecule has 0 radical (unpaired) electrons. The Morgan fingerprint density at radius 3 is 2.52 bits per heavy atom. The van der Waals surface area contributed by atoms with E-state index in [1.165, 1.54) is 18.6 Å². The van der Waals surface area contributed by atoms with Crippen LogP contribution < -0.4 is 4.90 Å². The highest BCUT2D eigenvalue weighted by atomic mass is 19.1. The average Bonchev–Trinajstić information content (AvgIpc) is 3.30. The van der Waals surface area contributed by atoms with Gasteiger partial charge in [-0.2, -0.15) is 0 Å². The van der Waals surface area contributed by atoms with Gasteiger partial charge in [-0.3, -0.25) is 4.98 Å². The molecule has 0 spiro atoms. The molecule has 0 saturated heterocycles. The number of halogens is 1. The summed E-state index contributed by atoms with van der Waals surface area (Å²) in [6.07, 6.45) is 1.68. The summed E-state index contributed by atoms with van der Waals surface area (Å²) in [4.78, 5) is 17.3. The molecule has 7 nitrogen and oxygen atoms in total. The summed E-state index contributed by atoms with van der Waals surface area (Å²) in [5.41, 5.74) is 2.41. The zero-order valence-corrected chi connectivity index (χ0v) is 18.5. The highest BCUT2D eigenvalue weighted by Gasteiger charge is 2.38. The van der Waals surface area contributed by atoms with Gasteiger partial charge in [0.1, 0.15) is 17.1 Å². The first-order valence-electron chi connectivity index (χ1n) is 10.4. The first-order chi connectivity index (χ1) is 14.8. The molecule has 8 heteroatoms. The van der Waals surface area contributed by atoms with Crippen molar-refractivity contribution in [3.63, 3.8) is 0 Å². The van der Waals surface area contributed by atoms with Crippen molar-refractivity contribution in [3.8, 4) is 11.5 Å². The predicted molar refractivity (Wildman–Crippen MR) is 122 cm³/mol. The quantitative estimate of drug-likeness (QED) is 0.586. The van der Waals surface area contributed by atoms with E-state index in [2.05, 4.69) is 45.0 Å². The van der Waals surface area contributed by atoms with E-state index in [1.54, 1.807) is 6.20 Å². The van der Waals surface area contributed by atoms with Crippen LogP contribution in [0.2, 0.25) is 0 Å². The number of aryl methyl sites for hydroxylation is 1. The van der Waals surface area contributed by atoms with Gasteiger partial charge in [0, 0.05) is 25.0 Å². The van der Waals surface area contributed by atoms with Crippen molar-refractivity contribution in [2.24, 2.45) is 10.1 Å². The van der Waals surface area contributed by atoms with E-state index in [4.69, 9.17) is 4.99 Å². The van der Waals surface area contributed by atoms with Gasteiger partial charge in [-0.15, -0.1) is 15.0 Å². The highest BCUT2D eigenvalue weighted by molar-refractivity contribution is 6.51. The van der Waals surface area contributed by atoms with Crippen molar-refractivity contribution >= 4 is 22.8 Å². The summed E-state index contributed by atoms with van der Waals surface area (Å²) in [5, 5.41) is 8.77. The summed E-state index contributed by atoms with van der Waals surface area (Å²) in [7, 11) is 0. The number of rotatable bonds is 6. The third kappa shape index (κ3) is 3.97. The molecular weight excluding hydrogens is 393 g/mol. The van der Waals surface area contributed by atoms with Crippen LogP contribution in [0.15, 0.2) is 52.7 Å². The smallest absolute Gasteiger partial charge is 0.204 e. The van der Waals surface area contributed by atoms with Crippen LogP contribution in [0, 0.1) is 6.92 Å². The van der Waals surface area contributed by atoms with Crippen molar-refractivity contribution in [2.45, 2.75) is 40.3 Å². The number of aliphatic imine (C=N–C) groups is 1. The van der Waals surface area contributed by atoms with E-state index in [0.717, 1.165) is 30.0 Å². The second-order valence-electron chi connectivity index (χ2n) is 7.89. The number of pyridine rings is 1. The number of aromatic nitrogens is 4. The maximum absolute atomic E-state index is 15.0. The van der Waals surface area contributed by atoms with Gasteiger partial charge in [-0.1, -0.05) is 6.07 Å². The largest absolute Gasteiger partial charge is 0.372 e. The average molecular weight is 420 g/mol. The highest BCUT2D eigenvalue weighted by Crippen LogP contribution is 2.29. The fourth-order valence-electron chi connectivity index (χ4n) is 3.55. The Bertz CT molecular complexity index is 1150. The number of fused-ring (bicyclic) bond motifs is 1. The van der Waals surface area contributed by atoms with Crippen LogP contribution in [0.1, 0.15) is 39.1 Å². The van der Waals surface area contributed by atoms with Gasteiger partial charge in [0.15, 0.2) is 5.67 Å². The molecule has 3 heterocycles. The van der Waals surface area contributed by atoms with Crippen LogP contribution in [0.3, 0.4) is 0 Å². The number of anilines is 1. The van der Waals surface area contributed by atoms with Gasteiger partial charge >= 0.3 is 0 Å². The molecule has 0 atom stereocenters. The molecule has 0 unspecified atom stereocenters. The summed E-state index contributed by atoms with van der Waals surface area (Å²) in [6.45, 7) is 11.0. The number of hydrogen-bond acceptors (Lipinski definition) is 6. The third-order valence-electron chi connectivity index (χ3n) is 5.22. The zero-order valence-electron chi connectivity index (χ0n) is 18.5. The van der Waals surface area contributed by atoms with E-state index in [-0.39, 0.29) is 5.71 Å². The Labute approximate surface area is 181 Å². The number of alkyl halides is 1. The lowest BCUT2D eigenvalue weighted by molar-refractivity contribution is 0.316. The molecule has 160 valence electrons. The Hall–Kier alpha value is -3.42. The van der Waals surface area contributed by atoms with E-state index >= 15 is 0 Å². The minimum atomic E-state index is -1.69. The molecule has 2 aromatic heterocycles. The summed E-state index contributed by atoms with van der Waals surface area (Å²) in [5.74, 6) is 0.838. The van der Waals surface area contributed by atoms with Crippen molar-refractivity contribution in [3.05, 3.63) is 54.0 Å². The molecular formula is C23H26FN7. The lowest BCUT2D eigenvalue weighted by Crippen LogP contribution is -2.32. The van der Waals surface area contributed by atoms with Crippen molar-refractivity contribution in [2.75, 3.05) is 18.0 Å². The topological polar surface area (TPSA) is 71.6 Å². The van der Waals surface area contributed by atoms with E-state index in [9.17, 15) is 4.39 Å². The maximum atomic E-state index is 15.0. The lowest BCUT2D eigenvalue weighted by atomic mass is 10.00. The molecule has 4 rings (SSSR count). The molecule has 0 fully saturated rings. The van der Waals surface area contributed by atoms with Crippen molar-refractivity contribution < 1.29 is 4.39 Å². The first-order valence-corrected chi connectivity index (χ1v) is 10.4. The van der Waals surface area contributed by atoms with Gasteiger partial charge in [-0.05, 0) is 70.5 Å². The summed E-state index contributed by atoms with van der Waals surface area (Å²) in [6, 6.07) is 11.6. The fraction of sp³-hybridized carbons (Fsp3) is 0.348. The van der Waals surface area contributed by atoms with Gasteiger partial charge in [0.2, 0.25) is 11.6 Å². The number of benzene rings is 1. The lowest BCUT2D eigenvalue weighted by Gasteiger charge is -2.21. The number of nitrogens with zero attached hydrogens (tertiary/aromatic N) is 7. The Balaban J connectivity index is 1.79. The number of hydrogen-bond donors (Lipinski definition) is 0. The minimum Gasteiger partial charge on any atom is -0.372 e. The van der Waals surface area contributed by atoms with Crippen molar-refractivity contribution in [1.29, 1.82) is 0 Å². The van der Waals surface area contributed by atoms with Gasteiger partial charge in [0.25, 0.3) is 0 Å². The maximum Gasteiger partial charge on any atom is 0.204 e. The third-order valence-corrected chi connectivity index (χ3v) is 5.22. The SMILES string of the molecule is CCN(CC)c1ccc(N=C2C(C(C)(C)F)=Nn3nc(-c4ccccn4)nc32)c(C)c1. The Morgan fingerprint density at radius 2 is 1.90 bits per heavy atom. The summed E-state index contributed by atoms with van der Waals surface area (Å²) < 4.78 is 15.0. The predicted octanol–water partition coefficient (Wildman–Crippen LogP) is 4.58. The van der Waals surface area contributed by atoms with E-state index in [1.807, 2.05) is 37.3 Å². The molecule has 0 saturated carbocycles. The standard InChI is InChI=1S/C23H26FN7/c1-6-30(7-2)16-11-12-17(15(3)14-16)26-19-20(23(4,5)24)28-31-22(19)27-21(29-31)18-10-8-9-13-25-18/h8-14H,6-7H2,1-5H3. The normalized spacial score (nSPS) is 14.6. The van der Waals surface area contributed by atoms with Crippen LogP contribution in [0.4, 0.5) is 15.8 Å². The van der Waals surface area contributed by atoms with Gasteiger partial charge in [0.05, 0.1) is 5.69 Å². The first kappa shape index (κ1) is 20.8. The van der Waals surface area contributed by atoms with Crippen molar-refractivity contribution in [1.82, 2.24) is 19.9 Å². The Kier molecular flexibility index (Phi) is 5.39. The second kappa shape index (κ2) is 8.02. The van der Waals surface area contributed by atoms with E-state index in [0.29, 0.717) is 23.1 Å². The van der Waals surface area contributed by atoms with Crippen LogP contribution >= 0.6 is 0 Å². The van der Waals surface area contributed by atoms with Gasteiger partial charge in [-0.25, -0.2) is 14.4 Å². The van der Waals surface area contributed by atoms with Crippen LogP contribution in [0.5, 0.6) is 0 Å². The molecule has 1 aliphatic rings. The molecule has 0 bridgehead atoms. The molecule has 0 N–H and O–H groups in total. The zero-order chi connectivity index (χ0) is 22.2. The molecule has 0 aliphatic carbocycles.